The monoisotopic (exact) mass is 274 g/mol. The molecule has 0 saturated carbocycles. The van der Waals surface area contributed by atoms with Crippen molar-refractivity contribution >= 4 is 16.8 Å². The highest BCUT2D eigenvalue weighted by Crippen LogP contribution is 2.32. The van der Waals surface area contributed by atoms with Crippen molar-refractivity contribution in [2.75, 3.05) is 0 Å². The van der Waals surface area contributed by atoms with E-state index in [4.69, 9.17) is 4.42 Å². The average molecular weight is 274 g/mol. The van der Waals surface area contributed by atoms with Gasteiger partial charge in [-0.3, -0.25) is 4.79 Å². The van der Waals surface area contributed by atoms with E-state index < -0.39 is 5.63 Å². The molecule has 106 valence electrons. The van der Waals surface area contributed by atoms with Crippen molar-refractivity contribution in [3.63, 3.8) is 0 Å². The second kappa shape index (κ2) is 5.49. The zero-order valence-corrected chi connectivity index (χ0v) is 11.9. The van der Waals surface area contributed by atoms with E-state index in [1.807, 2.05) is 0 Å². The second-order valence-electron chi connectivity index (χ2n) is 5.02. The Morgan fingerprint density at radius 1 is 1.35 bits per heavy atom. The quantitative estimate of drug-likeness (QED) is 0.685. The topological polar surface area (TPSA) is 67.5 Å². The number of ketones is 1. The van der Waals surface area contributed by atoms with Crippen molar-refractivity contribution in [1.29, 1.82) is 0 Å². The van der Waals surface area contributed by atoms with Gasteiger partial charge >= 0.3 is 5.63 Å². The van der Waals surface area contributed by atoms with Gasteiger partial charge in [-0.1, -0.05) is 13.3 Å². The molecule has 2 aromatic rings. The summed E-state index contributed by atoms with van der Waals surface area (Å²) in [7, 11) is 0. The van der Waals surface area contributed by atoms with Gasteiger partial charge in [-0.2, -0.15) is 0 Å². The summed E-state index contributed by atoms with van der Waals surface area (Å²) in [6, 6.07) is 3.09. The van der Waals surface area contributed by atoms with Crippen LogP contribution in [0.2, 0.25) is 0 Å². The van der Waals surface area contributed by atoms with Crippen LogP contribution in [0, 0.1) is 6.92 Å². The van der Waals surface area contributed by atoms with Crippen molar-refractivity contribution in [2.24, 2.45) is 0 Å². The van der Waals surface area contributed by atoms with E-state index >= 15 is 0 Å². The van der Waals surface area contributed by atoms with Crippen LogP contribution in [0.3, 0.4) is 0 Å². The number of Topliss-reactive ketones (excluding diaryl/α,β-unsaturated/α-hetero) is 1. The zero-order chi connectivity index (χ0) is 14.9. The Morgan fingerprint density at radius 3 is 2.65 bits per heavy atom. The number of unbranched alkanes of at least 4 members (excludes halogenated alkanes) is 1. The van der Waals surface area contributed by atoms with Crippen molar-refractivity contribution in [2.45, 2.75) is 40.0 Å². The van der Waals surface area contributed by atoms with Gasteiger partial charge in [0.1, 0.15) is 11.3 Å². The first-order valence-electron chi connectivity index (χ1n) is 6.76. The first kappa shape index (κ1) is 14.3. The summed E-state index contributed by atoms with van der Waals surface area (Å²) in [5.74, 6) is -0.319. The lowest BCUT2D eigenvalue weighted by Crippen LogP contribution is -2.04. The maximum Gasteiger partial charge on any atom is 0.336 e. The molecule has 1 N–H and O–H groups in total. The van der Waals surface area contributed by atoms with Crippen LogP contribution in [0.15, 0.2) is 21.3 Å². The number of carbonyl (C=O) groups is 1. The van der Waals surface area contributed by atoms with Gasteiger partial charge < -0.3 is 9.52 Å². The molecule has 1 heterocycles. The lowest BCUT2D eigenvalue weighted by atomic mass is 9.97. The van der Waals surface area contributed by atoms with Crippen LogP contribution in [0.5, 0.6) is 5.75 Å². The smallest absolute Gasteiger partial charge is 0.336 e. The Kier molecular flexibility index (Phi) is 3.93. The maximum atomic E-state index is 11.6. The van der Waals surface area contributed by atoms with Crippen LogP contribution in [-0.4, -0.2) is 10.9 Å². The van der Waals surface area contributed by atoms with Gasteiger partial charge in [-0.25, -0.2) is 4.79 Å². The second-order valence-corrected chi connectivity index (χ2v) is 5.02. The largest absolute Gasteiger partial charge is 0.507 e. The fraction of sp³-hybridized carbons (Fsp3) is 0.375. The van der Waals surface area contributed by atoms with Gasteiger partial charge in [0, 0.05) is 17.0 Å². The average Bonchev–Trinajstić information content (AvgIpc) is 2.40. The molecule has 0 amide bonds. The van der Waals surface area contributed by atoms with Gasteiger partial charge in [0.15, 0.2) is 5.78 Å². The highest BCUT2D eigenvalue weighted by molar-refractivity contribution is 6.02. The predicted octanol–water partition coefficient (Wildman–Crippen LogP) is 3.35. The Balaban J connectivity index is 2.81. The van der Waals surface area contributed by atoms with Crippen molar-refractivity contribution in [1.82, 2.24) is 0 Å². The first-order chi connectivity index (χ1) is 9.45. The van der Waals surface area contributed by atoms with E-state index in [1.54, 1.807) is 13.0 Å². The molecular weight excluding hydrogens is 256 g/mol. The molecule has 0 aliphatic carbocycles. The van der Waals surface area contributed by atoms with E-state index in [1.165, 1.54) is 13.0 Å². The highest BCUT2D eigenvalue weighted by atomic mass is 16.4. The lowest BCUT2D eigenvalue weighted by Gasteiger charge is -2.11. The Labute approximate surface area is 117 Å². The maximum absolute atomic E-state index is 11.6. The predicted molar refractivity (Wildman–Crippen MR) is 77.5 cm³/mol. The summed E-state index contributed by atoms with van der Waals surface area (Å²) < 4.78 is 5.20. The van der Waals surface area contributed by atoms with Crippen LogP contribution in [0.1, 0.15) is 48.2 Å². The van der Waals surface area contributed by atoms with E-state index in [0.717, 1.165) is 30.2 Å². The minimum Gasteiger partial charge on any atom is -0.507 e. The minimum atomic E-state index is -0.429. The van der Waals surface area contributed by atoms with Crippen LogP contribution < -0.4 is 5.63 Å². The normalized spacial score (nSPS) is 10.9. The standard InChI is InChI=1S/C16H18O4/c1-4-5-6-11-7-14(18)20-16-9(2)15(19)12(10(3)17)8-13(11)16/h7-8,19H,4-6H2,1-3H3. The van der Waals surface area contributed by atoms with E-state index in [0.29, 0.717) is 11.1 Å². The molecule has 0 unspecified atom stereocenters. The number of phenolic OH excluding ortho intramolecular Hbond substituents is 1. The SMILES string of the molecule is CCCCc1cc(=O)oc2c(C)c(O)c(C(C)=O)cc12. The van der Waals surface area contributed by atoms with Gasteiger partial charge in [0.05, 0.1) is 5.56 Å². The lowest BCUT2D eigenvalue weighted by molar-refractivity contribution is 0.101. The molecule has 1 aromatic carbocycles. The van der Waals surface area contributed by atoms with Crippen molar-refractivity contribution in [3.8, 4) is 5.75 Å². The molecule has 0 fully saturated rings. The third kappa shape index (κ3) is 2.46. The number of rotatable bonds is 4. The first-order valence-corrected chi connectivity index (χ1v) is 6.76. The van der Waals surface area contributed by atoms with Gasteiger partial charge in [-0.15, -0.1) is 0 Å². The Bertz CT molecular complexity index is 725. The van der Waals surface area contributed by atoms with Gasteiger partial charge in [-0.05, 0) is 38.3 Å². The number of fused-ring (bicyclic) bond motifs is 1. The van der Waals surface area contributed by atoms with Crippen LogP contribution in [0.4, 0.5) is 0 Å². The number of hydrogen-bond acceptors (Lipinski definition) is 4. The molecular formula is C16H18O4. The number of carbonyl (C=O) groups excluding carboxylic acids is 1. The molecule has 0 saturated heterocycles. The summed E-state index contributed by atoms with van der Waals surface area (Å²) in [6.45, 7) is 5.13. The highest BCUT2D eigenvalue weighted by Gasteiger charge is 2.17. The molecule has 20 heavy (non-hydrogen) atoms. The van der Waals surface area contributed by atoms with Crippen LogP contribution >= 0.6 is 0 Å². The van der Waals surface area contributed by atoms with E-state index in [9.17, 15) is 14.7 Å². The van der Waals surface area contributed by atoms with Gasteiger partial charge in [0.25, 0.3) is 0 Å². The third-order valence-corrected chi connectivity index (χ3v) is 3.50. The Morgan fingerprint density at radius 2 is 2.05 bits per heavy atom. The molecule has 0 atom stereocenters. The molecule has 0 aliphatic rings. The molecule has 0 radical (unpaired) electrons. The van der Waals surface area contributed by atoms with Crippen LogP contribution in [-0.2, 0) is 6.42 Å². The molecule has 1 aromatic heterocycles. The number of benzene rings is 1. The fourth-order valence-electron chi connectivity index (χ4n) is 2.35. The fourth-order valence-corrected chi connectivity index (χ4v) is 2.35. The number of aromatic hydroxyl groups is 1. The summed E-state index contributed by atoms with van der Waals surface area (Å²) in [5.41, 5.74) is 1.50. The molecule has 4 nitrogen and oxygen atoms in total. The minimum absolute atomic E-state index is 0.110. The Hall–Kier alpha value is -2.10. The van der Waals surface area contributed by atoms with Crippen molar-refractivity contribution < 1.29 is 14.3 Å². The summed E-state index contributed by atoms with van der Waals surface area (Å²) in [6.07, 6.45) is 2.71. The third-order valence-electron chi connectivity index (χ3n) is 3.50. The van der Waals surface area contributed by atoms with E-state index in [-0.39, 0.29) is 17.1 Å². The molecule has 2 rings (SSSR count). The molecule has 0 bridgehead atoms. The van der Waals surface area contributed by atoms with Crippen molar-refractivity contribution in [3.05, 3.63) is 39.2 Å². The number of phenols is 1. The number of aryl methyl sites for hydroxylation is 2. The summed E-state index contributed by atoms with van der Waals surface area (Å²) in [4.78, 5) is 23.2. The molecule has 4 heteroatoms. The summed E-state index contributed by atoms with van der Waals surface area (Å²) in [5, 5.41) is 10.8. The summed E-state index contributed by atoms with van der Waals surface area (Å²) >= 11 is 0. The number of hydrogen-bond donors (Lipinski definition) is 1. The molecule has 0 aliphatic heterocycles. The van der Waals surface area contributed by atoms with E-state index in [2.05, 4.69) is 6.92 Å². The zero-order valence-electron chi connectivity index (χ0n) is 11.9. The molecule has 0 spiro atoms. The van der Waals surface area contributed by atoms with Gasteiger partial charge in [0.2, 0.25) is 0 Å². The van der Waals surface area contributed by atoms with Crippen LogP contribution in [0.25, 0.3) is 11.0 Å².